The van der Waals surface area contributed by atoms with Crippen molar-refractivity contribution < 1.29 is 29.2 Å². The van der Waals surface area contributed by atoms with Gasteiger partial charge in [0.2, 0.25) is 6.29 Å². The lowest BCUT2D eigenvalue weighted by Gasteiger charge is -2.34. The molecule has 0 spiro atoms. The molecule has 1 aromatic heterocycles. The topological polar surface area (TPSA) is 109 Å². The van der Waals surface area contributed by atoms with E-state index in [9.17, 15) is 20.1 Å². The van der Waals surface area contributed by atoms with Crippen molar-refractivity contribution >= 4 is 11.0 Å². The molecule has 0 amide bonds. The summed E-state index contributed by atoms with van der Waals surface area (Å²) >= 11 is 0. The molecule has 3 N–H and O–H groups in total. The highest BCUT2D eigenvalue weighted by Gasteiger charge is 2.39. The van der Waals surface area contributed by atoms with Gasteiger partial charge in [-0.2, -0.15) is 0 Å². The lowest BCUT2D eigenvalue weighted by molar-refractivity contribution is -0.242. The zero-order valence-corrected chi connectivity index (χ0v) is 11.8. The van der Waals surface area contributed by atoms with Crippen LogP contribution in [0.15, 0.2) is 33.5 Å². The van der Waals surface area contributed by atoms with Crippen LogP contribution in [-0.2, 0) is 4.74 Å². The van der Waals surface area contributed by atoms with Crippen LogP contribution in [0.1, 0.15) is 5.56 Å². The predicted molar refractivity (Wildman–Crippen MR) is 75.6 cm³/mol. The van der Waals surface area contributed by atoms with Gasteiger partial charge in [0.15, 0.2) is 0 Å². The van der Waals surface area contributed by atoms with Crippen molar-refractivity contribution in [1.82, 2.24) is 0 Å². The van der Waals surface area contributed by atoms with Gasteiger partial charge in [0.1, 0.15) is 29.6 Å². The first kappa shape index (κ1) is 15.0. The average Bonchev–Trinajstić information content (AvgIpc) is 2.47. The molecule has 0 radical (unpaired) electrons. The molecule has 0 bridgehead atoms. The average molecular weight is 308 g/mol. The Bertz CT molecular complexity index is 738. The summed E-state index contributed by atoms with van der Waals surface area (Å²) in [6, 6.07) is 6.28. The van der Waals surface area contributed by atoms with Crippen molar-refractivity contribution in [3.63, 3.8) is 0 Å². The van der Waals surface area contributed by atoms with Crippen molar-refractivity contribution in [2.75, 3.05) is 6.61 Å². The third kappa shape index (κ3) is 2.71. The summed E-state index contributed by atoms with van der Waals surface area (Å²) in [5.74, 6) is 0.314. The summed E-state index contributed by atoms with van der Waals surface area (Å²) < 4.78 is 15.7. The van der Waals surface area contributed by atoms with E-state index in [1.54, 1.807) is 19.1 Å². The molecule has 1 aliphatic rings. The lowest BCUT2D eigenvalue weighted by Crippen LogP contribution is -2.54. The number of hydrogen-bond acceptors (Lipinski definition) is 7. The van der Waals surface area contributed by atoms with E-state index in [1.807, 2.05) is 0 Å². The van der Waals surface area contributed by atoms with Gasteiger partial charge in [0.05, 0.1) is 6.61 Å². The first-order valence-electron chi connectivity index (χ1n) is 6.82. The van der Waals surface area contributed by atoms with Crippen LogP contribution in [0.25, 0.3) is 11.0 Å². The van der Waals surface area contributed by atoms with E-state index in [0.29, 0.717) is 11.3 Å². The van der Waals surface area contributed by atoms with Crippen LogP contribution in [0.4, 0.5) is 0 Å². The van der Waals surface area contributed by atoms with Gasteiger partial charge in [-0.15, -0.1) is 0 Å². The minimum Gasteiger partial charge on any atom is -0.462 e. The van der Waals surface area contributed by atoms with Gasteiger partial charge in [0, 0.05) is 17.5 Å². The number of aliphatic hydroxyl groups is 3. The Morgan fingerprint density at radius 3 is 2.73 bits per heavy atom. The molecule has 1 aliphatic heterocycles. The van der Waals surface area contributed by atoms with E-state index in [4.69, 9.17) is 13.9 Å². The molecule has 0 aliphatic carbocycles. The normalized spacial score (nSPS) is 28.7. The third-order valence-corrected chi connectivity index (χ3v) is 3.63. The molecule has 0 saturated carbocycles. The number of rotatable bonds is 2. The van der Waals surface area contributed by atoms with Gasteiger partial charge in [-0.1, -0.05) is 0 Å². The van der Waals surface area contributed by atoms with E-state index in [2.05, 4.69) is 0 Å². The van der Waals surface area contributed by atoms with Gasteiger partial charge in [-0.25, -0.2) is 4.79 Å². The highest BCUT2D eigenvalue weighted by Crippen LogP contribution is 2.25. The van der Waals surface area contributed by atoms with E-state index >= 15 is 0 Å². The number of aryl methyl sites for hydroxylation is 1. The van der Waals surface area contributed by atoms with Crippen molar-refractivity contribution in [3.8, 4) is 5.75 Å². The quantitative estimate of drug-likeness (QED) is 0.666. The van der Waals surface area contributed by atoms with E-state index in [0.717, 1.165) is 10.9 Å². The third-order valence-electron chi connectivity index (χ3n) is 3.63. The number of aliphatic hydroxyl groups excluding tert-OH is 3. The largest absolute Gasteiger partial charge is 0.462 e. The Balaban J connectivity index is 1.87. The van der Waals surface area contributed by atoms with Gasteiger partial charge in [-0.05, 0) is 24.6 Å². The summed E-state index contributed by atoms with van der Waals surface area (Å²) in [7, 11) is 0. The Morgan fingerprint density at radius 1 is 1.18 bits per heavy atom. The van der Waals surface area contributed by atoms with Gasteiger partial charge >= 0.3 is 5.63 Å². The molecule has 1 fully saturated rings. The molecule has 3 rings (SSSR count). The summed E-state index contributed by atoms with van der Waals surface area (Å²) in [5, 5.41) is 29.6. The molecular formula is C15H16O7. The van der Waals surface area contributed by atoms with Crippen LogP contribution in [0, 0.1) is 6.92 Å². The Morgan fingerprint density at radius 2 is 1.95 bits per heavy atom. The molecule has 7 nitrogen and oxygen atoms in total. The fraction of sp³-hybridized carbons (Fsp3) is 0.400. The summed E-state index contributed by atoms with van der Waals surface area (Å²) in [5.41, 5.74) is 0.674. The van der Waals surface area contributed by atoms with Crippen LogP contribution in [0.3, 0.4) is 0 Å². The zero-order valence-electron chi connectivity index (χ0n) is 11.8. The standard InChI is InChI=1S/C15H16O7/c1-7-4-12(17)22-11-5-8(2-3-9(7)11)21-15-14(19)13(18)10(16)6-20-15/h2-5,10,13-16,18-19H,6H2,1H3/t10-,13+,14-,15-/m1/s1. The van der Waals surface area contributed by atoms with E-state index in [1.165, 1.54) is 12.1 Å². The molecule has 2 aromatic rings. The van der Waals surface area contributed by atoms with Crippen molar-refractivity contribution in [3.05, 3.63) is 40.2 Å². The Kier molecular flexibility index (Phi) is 3.88. The number of fused-ring (bicyclic) bond motifs is 1. The monoisotopic (exact) mass is 308 g/mol. The SMILES string of the molecule is Cc1cc(=O)oc2cc(O[C@H]3OC[C@@H](O)[C@H](O)[C@H]3O)ccc12. The molecule has 1 saturated heterocycles. The molecule has 7 heteroatoms. The molecule has 22 heavy (non-hydrogen) atoms. The maximum atomic E-state index is 11.4. The highest BCUT2D eigenvalue weighted by molar-refractivity contribution is 5.81. The summed E-state index contributed by atoms with van der Waals surface area (Å²) in [6.07, 6.45) is -5.01. The summed E-state index contributed by atoms with van der Waals surface area (Å²) in [6.45, 7) is 1.65. The maximum absolute atomic E-state index is 11.4. The van der Waals surface area contributed by atoms with Crippen molar-refractivity contribution in [2.24, 2.45) is 0 Å². The molecule has 4 atom stereocenters. The minimum atomic E-state index is -1.39. The van der Waals surface area contributed by atoms with E-state index in [-0.39, 0.29) is 6.61 Å². The highest BCUT2D eigenvalue weighted by atomic mass is 16.7. The van der Waals surface area contributed by atoms with Crippen LogP contribution in [0.2, 0.25) is 0 Å². The number of hydrogen-bond donors (Lipinski definition) is 3. The van der Waals surface area contributed by atoms with E-state index < -0.39 is 30.2 Å². The second-order valence-electron chi connectivity index (χ2n) is 5.27. The van der Waals surface area contributed by atoms with Crippen LogP contribution in [0.5, 0.6) is 5.75 Å². The number of ether oxygens (including phenoxy) is 2. The minimum absolute atomic E-state index is 0.148. The first-order valence-corrected chi connectivity index (χ1v) is 6.82. The second kappa shape index (κ2) is 5.69. The fourth-order valence-electron chi connectivity index (χ4n) is 2.40. The molecule has 118 valence electrons. The first-order chi connectivity index (χ1) is 10.5. The predicted octanol–water partition coefficient (Wildman–Crippen LogP) is -0.0808. The van der Waals surface area contributed by atoms with Crippen LogP contribution < -0.4 is 10.4 Å². The van der Waals surface area contributed by atoms with Crippen LogP contribution >= 0.6 is 0 Å². The Hall–Kier alpha value is -1.93. The number of benzene rings is 1. The van der Waals surface area contributed by atoms with Crippen molar-refractivity contribution in [2.45, 2.75) is 31.5 Å². The fourth-order valence-corrected chi connectivity index (χ4v) is 2.40. The Labute approximate surface area is 125 Å². The van der Waals surface area contributed by atoms with Crippen molar-refractivity contribution in [1.29, 1.82) is 0 Å². The summed E-state index contributed by atoms with van der Waals surface area (Å²) in [4.78, 5) is 11.4. The van der Waals surface area contributed by atoms with Gasteiger partial charge < -0.3 is 29.2 Å². The van der Waals surface area contributed by atoms with Gasteiger partial charge in [0.25, 0.3) is 0 Å². The second-order valence-corrected chi connectivity index (χ2v) is 5.27. The zero-order chi connectivity index (χ0) is 15.9. The van der Waals surface area contributed by atoms with Gasteiger partial charge in [-0.3, -0.25) is 0 Å². The lowest BCUT2D eigenvalue weighted by atomic mass is 10.1. The molecule has 2 heterocycles. The maximum Gasteiger partial charge on any atom is 0.336 e. The molecule has 0 unspecified atom stereocenters. The smallest absolute Gasteiger partial charge is 0.336 e. The van der Waals surface area contributed by atoms with Crippen LogP contribution in [-0.4, -0.2) is 46.5 Å². The molecule has 1 aromatic carbocycles. The molecular weight excluding hydrogens is 292 g/mol.